The monoisotopic (exact) mass is 736 g/mol. The smallest absolute Gasteiger partial charge is 0.306 e. The molecule has 2 aliphatic carbocycles. The molecule has 0 radical (unpaired) electrons. The first kappa shape index (κ1) is 30.5. The van der Waals surface area contributed by atoms with Gasteiger partial charge in [-0.3, -0.25) is 14.4 Å². The minimum atomic E-state index is -0.645. The fourth-order valence-electron chi connectivity index (χ4n) is 3.88. The van der Waals surface area contributed by atoms with Gasteiger partial charge >= 0.3 is 5.97 Å². The van der Waals surface area contributed by atoms with Crippen LogP contribution in [0.25, 0.3) is 0 Å². The molecule has 0 aromatic carbocycles. The molecule has 3 atom stereocenters. The van der Waals surface area contributed by atoms with Gasteiger partial charge in [0.1, 0.15) is 20.2 Å². The van der Waals surface area contributed by atoms with Crippen molar-refractivity contribution < 1.29 is 19.5 Å². The van der Waals surface area contributed by atoms with Gasteiger partial charge in [0.2, 0.25) is 0 Å². The second-order valence-electron chi connectivity index (χ2n) is 8.31. The molecule has 2 aliphatic rings. The number of rotatable bonds is 5. The van der Waals surface area contributed by atoms with E-state index in [4.69, 9.17) is 28.3 Å². The van der Waals surface area contributed by atoms with Gasteiger partial charge in [0.05, 0.1) is 5.92 Å². The van der Waals surface area contributed by atoms with Crippen LogP contribution in [0, 0.1) is 17.8 Å². The standard InChI is InChI=1S/C11H12BrClO2S.C7H10O2.C5H3Br2ClS/c12-9-5-8(16-10(9)13)4-6-1-2-7(3-6)11(14)15;1-5(8)6-2-3-7(9)4-6;6-2-3-1-4(7)5(8)9-3/h5-7H,1-4H2,(H,14,15);6H,2-4H2,1H3;1H,2H2/t6-,7-;6-;/m10./s1. The van der Waals surface area contributed by atoms with Crippen LogP contribution in [0.2, 0.25) is 8.67 Å². The normalized spacial score (nSPS) is 21.5. The lowest BCUT2D eigenvalue weighted by atomic mass is 10.0. The third-order valence-corrected chi connectivity index (χ3v) is 11.7. The van der Waals surface area contributed by atoms with Crippen LogP contribution in [0.4, 0.5) is 0 Å². The Morgan fingerprint density at radius 1 is 1.03 bits per heavy atom. The molecule has 4 nitrogen and oxygen atoms in total. The Hall–Kier alpha value is 0.230. The highest BCUT2D eigenvalue weighted by Crippen LogP contribution is 2.38. The summed E-state index contributed by atoms with van der Waals surface area (Å²) in [6, 6.07) is 4.06. The quantitative estimate of drug-likeness (QED) is 0.311. The van der Waals surface area contributed by atoms with Gasteiger partial charge in [0.15, 0.2) is 0 Å². The molecule has 188 valence electrons. The highest BCUT2D eigenvalue weighted by Gasteiger charge is 2.30. The fourth-order valence-corrected chi connectivity index (χ4v) is 7.93. The Bertz CT molecular complexity index is 970. The number of carboxylic acids is 1. The molecule has 0 bridgehead atoms. The molecule has 0 unspecified atom stereocenters. The zero-order chi connectivity index (χ0) is 25.4. The van der Waals surface area contributed by atoms with E-state index in [1.165, 1.54) is 9.75 Å². The molecule has 11 heteroatoms. The third-order valence-electron chi connectivity index (χ3n) is 5.73. The van der Waals surface area contributed by atoms with Crippen LogP contribution < -0.4 is 0 Å². The maximum Gasteiger partial charge on any atom is 0.306 e. The molecule has 34 heavy (non-hydrogen) atoms. The van der Waals surface area contributed by atoms with Gasteiger partial charge < -0.3 is 5.11 Å². The first-order valence-electron chi connectivity index (χ1n) is 10.7. The van der Waals surface area contributed by atoms with Gasteiger partial charge in [-0.05, 0) is 88.9 Å². The topological polar surface area (TPSA) is 71.4 Å². The van der Waals surface area contributed by atoms with Crippen LogP contribution in [0.3, 0.4) is 0 Å². The maximum atomic E-state index is 10.8. The van der Waals surface area contributed by atoms with Gasteiger partial charge in [-0.25, -0.2) is 0 Å². The van der Waals surface area contributed by atoms with Crippen LogP contribution >= 0.6 is 93.7 Å². The number of Topliss-reactive ketones (excluding diaryl/α,β-unsaturated/α-hetero) is 2. The molecule has 2 saturated carbocycles. The summed E-state index contributed by atoms with van der Waals surface area (Å²) in [5, 5.41) is 9.80. The molecule has 1 N–H and O–H groups in total. The summed E-state index contributed by atoms with van der Waals surface area (Å²) in [4.78, 5) is 34.6. The van der Waals surface area contributed by atoms with Crippen molar-refractivity contribution >= 4 is 111 Å². The Kier molecular flexibility index (Phi) is 13.3. The van der Waals surface area contributed by atoms with Crippen molar-refractivity contribution in [3.05, 3.63) is 39.5 Å². The largest absolute Gasteiger partial charge is 0.481 e. The number of carbonyl (C=O) groups excluding carboxylic acids is 2. The zero-order valence-corrected chi connectivity index (χ0v) is 26.3. The van der Waals surface area contributed by atoms with E-state index < -0.39 is 5.97 Å². The van der Waals surface area contributed by atoms with E-state index >= 15 is 0 Å². The molecule has 2 aromatic rings. The van der Waals surface area contributed by atoms with E-state index in [-0.39, 0.29) is 23.4 Å². The lowest BCUT2D eigenvalue weighted by molar-refractivity contribution is -0.141. The number of hydrogen-bond donors (Lipinski definition) is 1. The number of hydrogen-bond acceptors (Lipinski definition) is 5. The molecule has 0 amide bonds. The first-order chi connectivity index (χ1) is 16.0. The second-order valence-corrected chi connectivity index (χ2v) is 14.1. The van der Waals surface area contributed by atoms with Gasteiger partial charge in [-0.1, -0.05) is 39.1 Å². The number of carboxylic acid groups (broad SMARTS) is 1. The molecule has 0 saturated heterocycles. The van der Waals surface area contributed by atoms with Crippen molar-refractivity contribution in [3.8, 4) is 0 Å². The van der Waals surface area contributed by atoms with Gasteiger partial charge in [-0.2, -0.15) is 0 Å². The summed E-state index contributed by atoms with van der Waals surface area (Å²) in [5.41, 5.74) is 0. The van der Waals surface area contributed by atoms with Crippen LogP contribution in [0.1, 0.15) is 55.2 Å². The van der Waals surface area contributed by atoms with Crippen molar-refractivity contribution in [1.29, 1.82) is 0 Å². The van der Waals surface area contributed by atoms with E-state index in [0.29, 0.717) is 18.8 Å². The number of halogens is 5. The highest BCUT2D eigenvalue weighted by atomic mass is 79.9. The van der Waals surface area contributed by atoms with E-state index in [9.17, 15) is 14.4 Å². The summed E-state index contributed by atoms with van der Waals surface area (Å²) in [6.07, 6.45) is 5.50. The molecular weight excluding hydrogens is 715 g/mol. The summed E-state index contributed by atoms with van der Waals surface area (Å²) >= 11 is 24.9. The molecule has 2 heterocycles. The summed E-state index contributed by atoms with van der Waals surface area (Å²) in [7, 11) is 0. The lowest BCUT2D eigenvalue weighted by Gasteiger charge is -2.06. The average Bonchev–Trinajstić information content (AvgIpc) is 3.54. The second kappa shape index (κ2) is 14.8. The number of alkyl halides is 1. The van der Waals surface area contributed by atoms with Crippen molar-refractivity contribution in [2.24, 2.45) is 17.8 Å². The summed E-state index contributed by atoms with van der Waals surface area (Å²) in [5.74, 6) is 0.188. The van der Waals surface area contributed by atoms with E-state index in [0.717, 1.165) is 55.1 Å². The molecular formula is C23H25Br3Cl2O4S2. The molecule has 4 rings (SSSR count). The molecule has 2 aromatic heterocycles. The van der Waals surface area contributed by atoms with Gasteiger partial charge in [0.25, 0.3) is 0 Å². The lowest BCUT2D eigenvalue weighted by Crippen LogP contribution is -2.09. The molecule has 2 fully saturated rings. The van der Waals surface area contributed by atoms with Crippen molar-refractivity contribution in [2.75, 3.05) is 0 Å². The zero-order valence-electron chi connectivity index (χ0n) is 18.4. The number of aliphatic carboxylic acids is 1. The predicted octanol–water partition coefficient (Wildman–Crippen LogP) is 9.21. The number of ketones is 2. The van der Waals surface area contributed by atoms with Crippen LogP contribution in [0.5, 0.6) is 0 Å². The van der Waals surface area contributed by atoms with E-state index in [1.54, 1.807) is 29.6 Å². The Labute approximate surface area is 243 Å². The highest BCUT2D eigenvalue weighted by molar-refractivity contribution is 9.11. The van der Waals surface area contributed by atoms with Gasteiger partial charge in [-0.15, -0.1) is 22.7 Å². The fraction of sp³-hybridized carbons (Fsp3) is 0.522. The van der Waals surface area contributed by atoms with Crippen LogP contribution in [-0.2, 0) is 26.1 Å². The summed E-state index contributed by atoms with van der Waals surface area (Å²) < 4.78 is 3.54. The summed E-state index contributed by atoms with van der Waals surface area (Å²) in [6.45, 7) is 1.56. The molecule has 0 spiro atoms. The number of thiophene rings is 2. The van der Waals surface area contributed by atoms with Crippen LogP contribution in [0.15, 0.2) is 21.1 Å². The van der Waals surface area contributed by atoms with E-state index in [2.05, 4.69) is 47.8 Å². The first-order valence-corrected chi connectivity index (χ1v) is 15.8. The predicted molar refractivity (Wildman–Crippen MR) is 152 cm³/mol. The Morgan fingerprint density at radius 3 is 1.94 bits per heavy atom. The SMILES string of the molecule is CC(=O)[C@H]1CCC(=O)C1.Clc1sc(CBr)cc1Br.O=C(O)[C@@H]1CC[C@@H](Cc2cc(Br)c(Cl)s2)C1. The van der Waals surface area contributed by atoms with Crippen molar-refractivity contribution in [1.82, 2.24) is 0 Å². The Balaban J connectivity index is 0.000000194. The van der Waals surface area contributed by atoms with Crippen molar-refractivity contribution in [3.63, 3.8) is 0 Å². The minimum absolute atomic E-state index is 0.0532. The van der Waals surface area contributed by atoms with Crippen molar-refractivity contribution in [2.45, 2.75) is 57.2 Å². The maximum absolute atomic E-state index is 10.8. The Morgan fingerprint density at radius 2 is 1.62 bits per heavy atom. The van der Waals surface area contributed by atoms with Crippen LogP contribution in [-0.4, -0.2) is 22.6 Å². The minimum Gasteiger partial charge on any atom is -0.481 e. The average molecular weight is 740 g/mol. The third kappa shape index (κ3) is 9.94. The van der Waals surface area contributed by atoms with E-state index in [1.807, 2.05) is 12.1 Å². The van der Waals surface area contributed by atoms with Gasteiger partial charge in [0, 0.05) is 42.8 Å². The number of carbonyl (C=O) groups is 3. The molecule has 0 aliphatic heterocycles.